The second-order valence-corrected chi connectivity index (χ2v) is 20.1. The molecule has 0 fully saturated rings. The van der Waals surface area contributed by atoms with E-state index < -0.39 is 132 Å². The van der Waals surface area contributed by atoms with Gasteiger partial charge in [0.25, 0.3) is 0 Å². The zero-order valence-corrected chi connectivity index (χ0v) is 40.4. The minimum absolute atomic E-state index is 0.115. The van der Waals surface area contributed by atoms with Crippen LogP contribution in [0.3, 0.4) is 0 Å². The monoisotopic (exact) mass is 938 g/mol. The van der Waals surface area contributed by atoms with Crippen LogP contribution >= 0.6 is 0 Å². The summed E-state index contributed by atoms with van der Waals surface area (Å²) in [7, 11) is 0. The van der Waals surface area contributed by atoms with Crippen molar-refractivity contribution in [1.29, 1.82) is 0 Å². The van der Waals surface area contributed by atoms with Gasteiger partial charge in [-0.2, -0.15) is 0 Å². The number of amides is 4. The van der Waals surface area contributed by atoms with Crippen molar-refractivity contribution in [2.24, 2.45) is 0 Å². The number of aliphatic carboxylic acids is 1. The molecular weight excluding hydrogens is 873 g/mol. The van der Waals surface area contributed by atoms with E-state index in [1.54, 1.807) is 83.1 Å². The molecule has 368 valence electrons. The highest BCUT2D eigenvalue weighted by atomic mass is 16.6. The lowest BCUT2D eigenvalue weighted by atomic mass is 9.98. The smallest absolute Gasteiger partial charge is 0.407 e. The van der Waals surface area contributed by atoms with E-state index in [0.717, 1.165) is 22.3 Å². The topological polar surface area (TPSA) is 268 Å². The van der Waals surface area contributed by atoms with Gasteiger partial charge in [-0.15, -0.1) is 0 Å². The van der Waals surface area contributed by atoms with Crippen molar-refractivity contribution in [3.05, 3.63) is 59.7 Å². The summed E-state index contributed by atoms with van der Waals surface area (Å²) in [5.74, 6) is -8.85. The second-order valence-electron chi connectivity index (χ2n) is 20.1. The molecule has 0 unspecified atom stereocenters. The molecule has 0 heterocycles. The first-order valence-corrected chi connectivity index (χ1v) is 21.9. The van der Waals surface area contributed by atoms with Crippen LogP contribution in [-0.2, 0) is 62.0 Å². The number of ether oxygens (including phenoxy) is 5. The lowest BCUT2D eigenvalue weighted by Crippen LogP contribution is -2.55. The Morgan fingerprint density at radius 3 is 1.37 bits per heavy atom. The van der Waals surface area contributed by atoms with Crippen molar-refractivity contribution in [3.8, 4) is 11.1 Å². The van der Waals surface area contributed by atoms with E-state index in [0.29, 0.717) is 0 Å². The van der Waals surface area contributed by atoms with E-state index in [4.69, 9.17) is 23.7 Å². The first-order chi connectivity index (χ1) is 30.8. The van der Waals surface area contributed by atoms with Gasteiger partial charge in [0.1, 0.15) is 53.2 Å². The quantitative estimate of drug-likeness (QED) is 0.0940. The minimum Gasteiger partial charge on any atom is -0.480 e. The highest BCUT2D eigenvalue weighted by molar-refractivity contribution is 5.96. The highest BCUT2D eigenvalue weighted by Gasteiger charge is 2.37. The predicted octanol–water partition coefficient (Wildman–Crippen LogP) is 4.75. The van der Waals surface area contributed by atoms with Crippen LogP contribution in [0.2, 0.25) is 0 Å². The van der Waals surface area contributed by atoms with Gasteiger partial charge in [-0.05, 0) is 112 Å². The van der Waals surface area contributed by atoms with E-state index in [9.17, 15) is 48.3 Å². The summed E-state index contributed by atoms with van der Waals surface area (Å²) in [4.78, 5) is 119. The maximum atomic E-state index is 14.0. The molecule has 0 saturated heterocycles. The summed E-state index contributed by atoms with van der Waals surface area (Å²) < 4.78 is 27.0. The molecular formula is C48H66N4O15. The van der Waals surface area contributed by atoms with Crippen LogP contribution in [-0.4, -0.2) is 112 Å². The molecule has 19 heteroatoms. The summed E-state index contributed by atoms with van der Waals surface area (Å²) in [5, 5.41) is 19.3. The molecule has 0 saturated carbocycles. The molecule has 67 heavy (non-hydrogen) atoms. The third-order valence-corrected chi connectivity index (χ3v) is 9.25. The van der Waals surface area contributed by atoms with Crippen LogP contribution in [0.4, 0.5) is 4.79 Å². The summed E-state index contributed by atoms with van der Waals surface area (Å²) in [6, 6.07) is 8.45. The average Bonchev–Trinajstić information content (AvgIpc) is 3.48. The standard InChI is InChI=1S/C48H66N4O15/c1-45(2,3)64-38(55)24-34(42(60)66-47(7,8)9)50-37(54)23-33(40(57)51-35(43(61)67-48(10,11)12)25-39(56)65-46(4,5)6)49-36(53)22-21-32(41(58)59)52-44(62)63-26-31-29-19-15-13-17-27(29)28-18-14-16-20-30(28)31/h13-20,31-35H,21-26H2,1-12H3,(H,49,53)(H,50,54)(H,51,57)(H,52,62)(H,58,59)/t32-,33-,34-,35-/m0/s1. The molecule has 0 bridgehead atoms. The zero-order valence-electron chi connectivity index (χ0n) is 40.4. The molecule has 2 aromatic carbocycles. The Hall–Kier alpha value is -6.53. The second kappa shape index (κ2) is 22.8. The first-order valence-electron chi connectivity index (χ1n) is 21.9. The summed E-state index contributed by atoms with van der Waals surface area (Å²) in [5.41, 5.74) is -0.240. The molecule has 3 rings (SSSR count). The molecule has 1 aliphatic carbocycles. The fourth-order valence-electron chi connectivity index (χ4n) is 6.73. The lowest BCUT2D eigenvalue weighted by Gasteiger charge is -2.28. The first kappa shape index (κ1) is 54.8. The van der Waals surface area contributed by atoms with E-state index >= 15 is 0 Å². The van der Waals surface area contributed by atoms with Crippen LogP contribution in [0.25, 0.3) is 11.1 Å². The van der Waals surface area contributed by atoms with Gasteiger partial charge >= 0.3 is 35.9 Å². The van der Waals surface area contributed by atoms with Gasteiger partial charge < -0.3 is 50.1 Å². The number of rotatable bonds is 19. The fraction of sp³-hybridized carbons (Fsp3) is 0.562. The molecule has 1 aliphatic rings. The summed E-state index contributed by atoms with van der Waals surface area (Å²) in [6.45, 7) is 18.8. The molecule has 5 N–H and O–H groups in total. The Morgan fingerprint density at radius 1 is 0.522 bits per heavy atom. The Labute approximate surface area is 391 Å². The van der Waals surface area contributed by atoms with Gasteiger partial charge in [0.15, 0.2) is 0 Å². The van der Waals surface area contributed by atoms with Crippen LogP contribution in [0, 0.1) is 0 Å². The number of hydrogen-bond acceptors (Lipinski definition) is 14. The Balaban J connectivity index is 1.84. The van der Waals surface area contributed by atoms with Gasteiger partial charge in [0.2, 0.25) is 17.7 Å². The van der Waals surface area contributed by atoms with Crippen LogP contribution < -0.4 is 21.3 Å². The van der Waals surface area contributed by atoms with Crippen molar-refractivity contribution < 1.29 is 71.9 Å². The molecule has 0 aliphatic heterocycles. The van der Waals surface area contributed by atoms with Crippen molar-refractivity contribution in [3.63, 3.8) is 0 Å². The Morgan fingerprint density at radius 2 is 0.940 bits per heavy atom. The van der Waals surface area contributed by atoms with Gasteiger partial charge in [0.05, 0.1) is 19.3 Å². The summed E-state index contributed by atoms with van der Waals surface area (Å²) >= 11 is 0. The number of alkyl carbamates (subject to hydrolysis) is 1. The Bertz CT molecular complexity index is 2110. The van der Waals surface area contributed by atoms with Gasteiger partial charge in [-0.25, -0.2) is 19.2 Å². The third kappa shape index (κ3) is 19.1. The molecule has 0 radical (unpaired) electrons. The maximum absolute atomic E-state index is 14.0. The zero-order chi connectivity index (χ0) is 50.7. The molecule has 4 atom stereocenters. The highest BCUT2D eigenvalue weighted by Crippen LogP contribution is 2.44. The van der Waals surface area contributed by atoms with Crippen LogP contribution in [0.15, 0.2) is 48.5 Å². The Kier molecular flexibility index (Phi) is 18.6. The largest absolute Gasteiger partial charge is 0.480 e. The maximum Gasteiger partial charge on any atom is 0.407 e. The number of esters is 4. The van der Waals surface area contributed by atoms with Crippen molar-refractivity contribution in [2.45, 2.75) is 168 Å². The molecule has 2 aromatic rings. The number of fused-ring (bicyclic) bond motifs is 3. The normalized spacial score (nSPS) is 14.3. The number of benzene rings is 2. The van der Waals surface area contributed by atoms with Gasteiger partial charge in [-0.3, -0.25) is 24.0 Å². The van der Waals surface area contributed by atoms with Gasteiger partial charge in [0, 0.05) is 12.3 Å². The molecule has 4 amide bonds. The molecule has 0 aromatic heterocycles. The molecule has 0 spiro atoms. The number of nitrogens with one attached hydrogen (secondary N) is 4. The van der Waals surface area contributed by atoms with Crippen LogP contribution in [0.5, 0.6) is 0 Å². The van der Waals surface area contributed by atoms with Gasteiger partial charge in [-0.1, -0.05) is 48.5 Å². The number of carbonyl (C=O) groups excluding carboxylic acids is 8. The van der Waals surface area contributed by atoms with E-state index in [1.807, 2.05) is 48.5 Å². The minimum atomic E-state index is -1.85. The van der Waals surface area contributed by atoms with Crippen molar-refractivity contribution in [2.75, 3.05) is 6.61 Å². The van der Waals surface area contributed by atoms with E-state index in [1.165, 1.54) is 0 Å². The molecule has 19 nitrogen and oxygen atoms in total. The number of carboxylic acids is 1. The summed E-state index contributed by atoms with van der Waals surface area (Å²) in [6.07, 6.45) is -4.51. The SMILES string of the molecule is CC(C)(C)OC(=O)C[C@H](NC(=O)C[C@H](NC(=O)CC[C@H](NC(=O)OCC1c2ccccc2-c2ccccc21)C(=O)O)C(=O)N[C@@H](CC(=O)OC(C)(C)C)C(=O)OC(C)(C)C)C(=O)OC(C)(C)C. The third-order valence-electron chi connectivity index (χ3n) is 9.25. The lowest BCUT2D eigenvalue weighted by molar-refractivity contribution is -0.165. The number of hydrogen-bond donors (Lipinski definition) is 5. The number of carboxylic acid groups (broad SMARTS) is 1. The van der Waals surface area contributed by atoms with E-state index in [-0.39, 0.29) is 12.5 Å². The van der Waals surface area contributed by atoms with Crippen LogP contribution in [0.1, 0.15) is 132 Å². The fourth-order valence-corrected chi connectivity index (χ4v) is 6.73. The average molecular weight is 939 g/mol. The van der Waals surface area contributed by atoms with E-state index in [2.05, 4.69) is 21.3 Å². The predicted molar refractivity (Wildman–Crippen MR) is 242 cm³/mol. The van der Waals surface area contributed by atoms with Crippen molar-refractivity contribution >= 4 is 53.7 Å². The number of carbonyl (C=O) groups is 9. The van der Waals surface area contributed by atoms with Crippen molar-refractivity contribution in [1.82, 2.24) is 21.3 Å².